The Labute approximate surface area is 160 Å². The number of likely N-dealkylation sites (tertiary alicyclic amines) is 1. The first-order chi connectivity index (χ1) is 13.2. The first-order valence-corrected chi connectivity index (χ1v) is 9.53. The van der Waals surface area contributed by atoms with Gasteiger partial charge in [0.05, 0.1) is 6.54 Å². The van der Waals surface area contributed by atoms with Crippen molar-refractivity contribution < 1.29 is 14.7 Å². The summed E-state index contributed by atoms with van der Waals surface area (Å²) in [5.41, 5.74) is 1.67. The number of anilines is 1. The fourth-order valence-corrected chi connectivity index (χ4v) is 3.61. The second kappa shape index (κ2) is 9.33. The average molecular weight is 366 g/mol. The Balaban J connectivity index is 1.84. The van der Waals surface area contributed by atoms with Crippen LogP contribution in [0.4, 0.5) is 5.69 Å². The molecule has 1 aliphatic heterocycles. The Hall–Kier alpha value is -2.66. The number of rotatable bonds is 5. The third kappa shape index (κ3) is 4.74. The minimum absolute atomic E-state index is 0.0229. The van der Waals surface area contributed by atoms with Crippen molar-refractivity contribution in [3.8, 4) is 0 Å². The maximum atomic E-state index is 13.2. The van der Waals surface area contributed by atoms with Crippen molar-refractivity contribution >= 4 is 17.5 Å². The quantitative estimate of drug-likeness (QED) is 0.828. The highest BCUT2D eigenvalue weighted by atomic mass is 16.3. The molecule has 0 bridgehead atoms. The van der Waals surface area contributed by atoms with Gasteiger partial charge in [-0.25, -0.2) is 0 Å². The minimum Gasteiger partial charge on any atom is -0.396 e. The predicted molar refractivity (Wildman–Crippen MR) is 105 cm³/mol. The van der Waals surface area contributed by atoms with Gasteiger partial charge in [0, 0.05) is 24.9 Å². The van der Waals surface area contributed by atoms with Crippen LogP contribution < -0.4 is 4.90 Å². The molecule has 27 heavy (non-hydrogen) atoms. The first kappa shape index (κ1) is 19.1. The lowest BCUT2D eigenvalue weighted by molar-refractivity contribution is -0.147. The van der Waals surface area contributed by atoms with Crippen molar-refractivity contribution in [2.75, 3.05) is 18.1 Å². The molecule has 2 aromatic carbocycles. The molecule has 2 aromatic rings. The van der Waals surface area contributed by atoms with Crippen molar-refractivity contribution in [2.24, 2.45) is 0 Å². The lowest BCUT2D eigenvalue weighted by atomic mass is 9.99. The van der Waals surface area contributed by atoms with Crippen LogP contribution in [0.1, 0.15) is 31.2 Å². The van der Waals surface area contributed by atoms with E-state index in [4.69, 9.17) is 0 Å². The molecule has 3 rings (SSSR count). The molecule has 1 fully saturated rings. The Bertz CT molecular complexity index is 747. The van der Waals surface area contributed by atoms with Crippen LogP contribution >= 0.6 is 0 Å². The molecular formula is C22H26N2O3. The predicted octanol–water partition coefficient (Wildman–Crippen LogP) is 2.98. The van der Waals surface area contributed by atoms with Crippen molar-refractivity contribution in [1.29, 1.82) is 0 Å². The van der Waals surface area contributed by atoms with Crippen molar-refractivity contribution in [2.45, 2.75) is 38.3 Å². The van der Waals surface area contributed by atoms with E-state index < -0.39 is 11.8 Å². The average Bonchev–Trinajstić information content (AvgIpc) is 2.73. The Morgan fingerprint density at radius 3 is 2.33 bits per heavy atom. The Kier molecular flexibility index (Phi) is 6.60. The molecule has 0 saturated carbocycles. The second-order valence-electron chi connectivity index (χ2n) is 6.87. The third-order valence-electron chi connectivity index (χ3n) is 5.03. The lowest BCUT2D eigenvalue weighted by Gasteiger charge is -2.36. The van der Waals surface area contributed by atoms with Crippen LogP contribution in [0, 0.1) is 0 Å². The van der Waals surface area contributed by atoms with E-state index in [2.05, 4.69) is 0 Å². The van der Waals surface area contributed by atoms with Gasteiger partial charge < -0.3 is 10.0 Å². The second-order valence-corrected chi connectivity index (χ2v) is 6.87. The SMILES string of the molecule is O=C(C(=O)N1CCCCC1CCO)N(Cc1ccccc1)c1ccccc1. The summed E-state index contributed by atoms with van der Waals surface area (Å²) in [5, 5.41) is 9.31. The number of amides is 2. The maximum Gasteiger partial charge on any atom is 0.316 e. The number of carbonyl (C=O) groups excluding carboxylic acids is 2. The molecule has 1 unspecified atom stereocenters. The van der Waals surface area contributed by atoms with Crippen LogP contribution in [0.25, 0.3) is 0 Å². The van der Waals surface area contributed by atoms with Crippen LogP contribution in [0.2, 0.25) is 0 Å². The van der Waals surface area contributed by atoms with Crippen molar-refractivity contribution in [3.05, 3.63) is 66.2 Å². The van der Waals surface area contributed by atoms with Crippen LogP contribution in [0.3, 0.4) is 0 Å². The smallest absolute Gasteiger partial charge is 0.316 e. The van der Waals surface area contributed by atoms with E-state index in [1.165, 1.54) is 0 Å². The van der Waals surface area contributed by atoms with Crippen molar-refractivity contribution in [1.82, 2.24) is 4.90 Å². The summed E-state index contributed by atoms with van der Waals surface area (Å²) >= 11 is 0. The van der Waals surface area contributed by atoms with Crippen molar-refractivity contribution in [3.63, 3.8) is 0 Å². The molecule has 1 atom stereocenters. The molecule has 0 spiro atoms. The highest BCUT2D eigenvalue weighted by Crippen LogP contribution is 2.22. The summed E-state index contributed by atoms with van der Waals surface area (Å²) in [5.74, 6) is -0.997. The maximum absolute atomic E-state index is 13.2. The molecular weight excluding hydrogens is 340 g/mol. The number of hydrogen-bond donors (Lipinski definition) is 1. The van der Waals surface area contributed by atoms with E-state index in [1.54, 1.807) is 9.80 Å². The highest BCUT2D eigenvalue weighted by Gasteiger charge is 2.33. The standard InChI is InChI=1S/C22H26N2O3/c25-16-14-20-13-7-8-15-23(20)21(26)22(27)24(19-11-5-2-6-12-19)17-18-9-3-1-4-10-18/h1-6,9-12,20,25H,7-8,13-17H2. The van der Waals surface area contributed by atoms with Gasteiger partial charge in [0.15, 0.2) is 0 Å². The largest absolute Gasteiger partial charge is 0.396 e. The normalized spacial score (nSPS) is 16.8. The molecule has 2 amide bonds. The lowest BCUT2D eigenvalue weighted by Crippen LogP contribution is -2.51. The minimum atomic E-state index is -0.519. The summed E-state index contributed by atoms with van der Waals surface area (Å²) < 4.78 is 0. The zero-order chi connectivity index (χ0) is 19.1. The number of carbonyl (C=O) groups is 2. The van der Waals surface area contributed by atoms with Gasteiger partial charge in [0.2, 0.25) is 0 Å². The van der Waals surface area contributed by atoms with Gasteiger partial charge in [-0.2, -0.15) is 0 Å². The third-order valence-corrected chi connectivity index (χ3v) is 5.03. The van der Waals surface area contributed by atoms with Crippen LogP contribution in [0.5, 0.6) is 0 Å². The zero-order valence-electron chi connectivity index (χ0n) is 15.5. The van der Waals surface area contributed by atoms with Gasteiger partial charge in [-0.3, -0.25) is 14.5 Å². The molecule has 142 valence electrons. The fraction of sp³-hybridized carbons (Fsp3) is 0.364. The fourth-order valence-electron chi connectivity index (χ4n) is 3.61. The van der Waals surface area contributed by atoms with Gasteiger partial charge >= 0.3 is 11.8 Å². The molecule has 1 aliphatic rings. The Morgan fingerprint density at radius 1 is 1.00 bits per heavy atom. The van der Waals surface area contributed by atoms with Gasteiger partial charge in [-0.1, -0.05) is 48.5 Å². The molecule has 0 aliphatic carbocycles. The van der Waals surface area contributed by atoms with E-state index in [0.717, 1.165) is 24.8 Å². The topological polar surface area (TPSA) is 60.9 Å². The molecule has 0 radical (unpaired) electrons. The molecule has 5 heteroatoms. The number of benzene rings is 2. The molecule has 0 aromatic heterocycles. The van der Waals surface area contributed by atoms with Gasteiger partial charge in [0.1, 0.15) is 0 Å². The number of aliphatic hydroxyl groups excluding tert-OH is 1. The van der Waals surface area contributed by atoms with Crippen LogP contribution in [-0.2, 0) is 16.1 Å². The summed E-state index contributed by atoms with van der Waals surface area (Å²) in [7, 11) is 0. The monoisotopic (exact) mass is 366 g/mol. The molecule has 5 nitrogen and oxygen atoms in total. The van der Waals surface area contributed by atoms with E-state index in [1.807, 2.05) is 60.7 Å². The summed E-state index contributed by atoms with van der Waals surface area (Å²) in [6, 6.07) is 18.9. The van der Waals surface area contributed by atoms with E-state index in [9.17, 15) is 14.7 Å². The van der Waals surface area contributed by atoms with Crippen LogP contribution in [-0.4, -0.2) is 41.0 Å². The number of piperidine rings is 1. The molecule has 1 heterocycles. The summed E-state index contributed by atoms with van der Waals surface area (Å²) in [6.45, 7) is 0.937. The van der Waals surface area contributed by atoms with Gasteiger partial charge in [-0.05, 0) is 43.4 Å². The van der Waals surface area contributed by atoms with Crippen LogP contribution in [0.15, 0.2) is 60.7 Å². The summed E-state index contributed by atoms with van der Waals surface area (Å²) in [4.78, 5) is 29.4. The number of hydrogen-bond acceptors (Lipinski definition) is 3. The summed E-state index contributed by atoms with van der Waals surface area (Å²) in [6.07, 6.45) is 3.27. The number of aliphatic hydroxyl groups is 1. The van der Waals surface area contributed by atoms with Gasteiger partial charge in [-0.15, -0.1) is 0 Å². The molecule has 1 saturated heterocycles. The number of nitrogens with zero attached hydrogens (tertiary/aromatic N) is 2. The Morgan fingerprint density at radius 2 is 1.67 bits per heavy atom. The van der Waals surface area contributed by atoms with E-state index in [-0.39, 0.29) is 12.6 Å². The molecule has 1 N–H and O–H groups in total. The highest BCUT2D eigenvalue weighted by molar-refractivity contribution is 6.40. The van der Waals surface area contributed by atoms with Gasteiger partial charge in [0.25, 0.3) is 0 Å². The zero-order valence-corrected chi connectivity index (χ0v) is 15.5. The number of para-hydroxylation sites is 1. The van der Waals surface area contributed by atoms with E-state index in [0.29, 0.717) is 25.2 Å². The first-order valence-electron chi connectivity index (χ1n) is 9.53. The van der Waals surface area contributed by atoms with E-state index >= 15 is 0 Å².